The van der Waals surface area contributed by atoms with Crippen LogP contribution >= 0.6 is 11.6 Å². The first-order chi connectivity index (χ1) is 8.08. The third kappa shape index (κ3) is 3.01. The van der Waals surface area contributed by atoms with Gasteiger partial charge in [-0.3, -0.25) is 4.90 Å². The second-order valence-electron chi connectivity index (χ2n) is 5.01. The Morgan fingerprint density at radius 2 is 1.94 bits per heavy atom. The summed E-state index contributed by atoms with van der Waals surface area (Å²) >= 11 is 5.89. The fourth-order valence-corrected chi connectivity index (χ4v) is 2.64. The lowest BCUT2D eigenvalue weighted by Gasteiger charge is -2.25. The molecule has 1 saturated heterocycles. The molecule has 3 unspecified atom stereocenters. The molecule has 2 rings (SSSR count). The summed E-state index contributed by atoms with van der Waals surface area (Å²) in [4.78, 5) is 2.43. The van der Waals surface area contributed by atoms with E-state index in [1.807, 2.05) is 19.1 Å². The standard InChI is InChI=1S/C14H20ClNO/c1-10(12-3-5-14(15)6-4-12)16-8-7-13(9-16)11(2)17/h3-6,10-11,13,17H,7-9H2,1-2H3. The van der Waals surface area contributed by atoms with Gasteiger partial charge in [-0.25, -0.2) is 0 Å². The number of aliphatic hydroxyl groups is 1. The molecule has 1 aliphatic heterocycles. The summed E-state index contributed by atoms with van der Waals surface area (Å²) in [5, 5.41) is 10.4. The van der Waals surface area contributed by atoms with Crippen molar-refractivity contribution in [3.63, 3.8) is 0 Å². The number of halogens is 1. The number of hydrogen-bond donors (Lipinski definition) is 1. The van der Waals surface area contributed by atoms with Crippen LogP contribution in [0, 0.1) is 5.92 Å². The zero-order valence-electron chi connectivity index (χ0n) is 10.4. The molecule has 0 radical (unpaired) electrons. The summed E-state index contributed by atoms with van der Waals surface area (Å²) in [5.41, 5.74) is 1.29. The zero-order chi connectivity index (χ0) is 12.4. The third-order valence-electron chi connectivity index (χ3n) is 3.84. The Labute approximate surface area is 108 Å². The van der Waals surface area contributed by atoms with Crippen molar-refractivity contribution in [1.29, 1.82) is 0 Å². The summed E-state index contributed by atoms with van der Waals surface area (Å²) in [5.74, 6) is 0.421. The van der Waals surface area contributed by atoms with Crippen LogP contribution < -0.4 is 0 Å². The number of aliphatic hydroxyl groups excluding tert-OH is 1. The maximum atomic E-state index is 9.61. The number of rotatable bonds is 3. The second-order valence-corrected chi connectivity index (χ2v) is 5.45. The molecule has 0 amide bonds. The van der Waals surface area contributed by atoms with Crippen molar-refractivity contribution in [3.8, 4) is 0 Å². The molecular formula is C14H20ClNO. The van der Waals surface area contributed by atoms with E-state index in [9.17, 15) is 5.11 Å². The van der Waals surface area contributed by atoms with Gasteiger partial charge in [0.25, 0.3) is 0 Å². The van der Waals surface area contributed by atoms with E-state index in [1.54, 1.807) is 0 Å². The first-order valence-electron chi connectivity index (χ1n) is 6.25. The van der Waals surface area contributed by atoms with E-state index in [0.717, 1.165) is 24.5 Å². The monoisotopic (exact) mass is 253 g/mol. The average molecular weight is 254 g/mol. The third-order valence-corrected chi connectivity index (χ3v) is 4.09. The Balaban J connectivity index is 2.01. The van der Waals surface area contributed by atoms with Crippen molar-refractivity contribution in [1.82, 2.24) is 4.90 Å². The van der Waals surface area contributed by atoms with E-state index < -0.39 is 0 Å². The van der Waals surface area contributed by atoms with Gasteiger partial charge in [-0.15, -0.1) is 0 Å². The van der Waals surface area contributed by atoms with E-state index >= 15 is 0 Å². The van der Waals surface area contributed by atoms with Gasteiger partial charge < -0.3 is 5.11 Å². The molecule has 1 heterocycles. The number of benzene rings is 1. The van der Waals surface area contributed by atoms with Gasteiger partial charge in [0.05, 0.1) is 6.10 Å². The van der Waals surface area contributed by atoms with Gasteiger partial charge in [0.15, 0.2) is 0 Å². The molecule has 1 N–H and O–H groups in total. The van der Waals surface area contributed by atoms with Gasteiger partial charge in [0, 0.05) is 17.6 Å². The zero-order valence-corrected chi connectivity index (χ0v) is 11.2. The molecule has 0 saturated carbocycles. The van der Waals surface area contributed by atoms with E-state index in [0.29, 0.717) is 12.0 Å². The average Bonchev–Trinajstić information content (AvgIpc) is 2.78. The van der Waals surface area contributed by atoms with Crippen LogP contribution in [-0.4, -0.2) is 29.2 Å². The molecule has 1 aliphatic rings. The lowest BCUT2D eigenvalue weighted by Crippen LogP contribution is -2.26. The molecule has 17 heavy (non-hydrogen) atoms. The van der Waals surface area contributed by atoms with E-state index in [-0.39, 0.29) is 6.10 Å². The predicted octanol–water partition coefficient (Wildman–Crippen LogP) is 3.10. The van der Waals surface area contributed by atoms with Gasteiger partial charge in [-0.05, 0) is 50.4 Å². The summed E-state index contributed by atoms with van der Waals surface area (Å²) in [6.07, 6.45) is 0.896. The number of hydrogen-bond acceptors (Lipinski definition) is 2. The van der Waals surface area contributed by atoms with Gasteiger partial charge in [0.2, 0.25) is 0 Å². The molecule has 1 aromatic carbocycles. The fraction of sp³-hybridized carbons (Fsp3) is 0.571. The molecule has 2 nitrogen and oxygen atoms in total. The van der Waals surface area contributed by atoms with Crippen LogP contribution in [0.15, 0.2) is 24.3 Å². The van der Waals surface area contributed by atoms with E-state index in [4.69, 9.17) is 11.6 Å². The van der Waals surface area contributed by atoms with Crippen LogP contribution in [0.3, 0.4) is 0 Å². The molecule has 0 spiro atoms. The van der Waals surface area contributed by atoms with Crippen LogP contribution in [-0.2, 0) is 0 Å². The largest absolute Gasteiger partial charge is 0.393 e. The Kier molecular flexibility index (Phi) is 4.08. The van der Waals surface area contributed by atoms with Crippen molar-refractivity contribution < 1.29 is 5.11 Å². The topological polar surface area (TPSA) is 23.5 Å². The van der Waals surface area contributed by atoms with Gasteiger partial charge in [0.1, 0.15) is 0 Å². The molecule has 0 aromatic heterocycles. The minimum absolute atomic E-state index is 0.197. The smallest absolute Gasteiger partial charge is 0.0552 e. The van der Waals surface area contributed by atoms with Gasteiger partial charge >= 0.3 is 0 Å². The lowest BCUT2D eigenvalue weighted by atomic mass is 10.0. The van der Waals surface area contributed by atoms with Crippen molar-refractivity contribution in [2.45, 2.75) is 32.4 Å². The van der Waals surface area contributed by atoms with Crippen LogP contribution in [0.4, 0.5) is 0 Å². The van der Waals surface area contributed by atoms with Crippen LogP contribution in [0.25, 0.3) is 0 Å². The normalized spacial score (nSPS) is 24.8. The van der Waals surface area contributed by atoms with Crippen molar-refractivity contribution >= 4 is 11.6 Å². The molecule has 3 atom stereocenters. The second kappa shape index (κ2) is 5.38. The Morgan fingerprint density at radius 1 is 1.29 bits per heavy atom. The highest BCUT2D eigenvalue weighted by Gasteiger charge is 2.29. The van der Waals surface area contributed by atoms with Crippen molar-refractivity contribution in [2.75, 3.05) is 13.1 Å². The minimum atomic E-state index is -0.197. The predicted molar refractivity (Wildman–Crippen MR) is 71.2 cm³/mol. The van der Waals surface area contributed by atoms with E-state index in [2.05, 4.69) is 24.0 Å². The summed E-state index contributed by atoms with van der Waals surface area (Å²) in [7, 11) is 0. The van der Waals surface area contributed by atoms with Crippen LogP contribution in [0.2, 0.25) is 5.02 Å². The fourth-order valence-electron chi connectivity index (χ4n) is 2.51. The van der Waals surface area contributed by atoms with Gasteiger partial charge in [-0.2, -0.15) is 0 Å². The molecule has 3 heteroatoms. The molecule has 1 aromatic rings. The molecule has 0 bridgehead atoms. The maximum Gasteiger partial charge on any atom is 0.0552 e. The first kappa shape index (κ1) is 12.9. The van der Waals surface area contributed by atoms with E-state index in [1.165, 1.54) is 5.56 Å². The first-order valence-corrected chi connectivity index (χ1v) is 6.63. The number of likely N-dealkylation sites (tertiary alicyclic amines) is 1. The lowest BCUT2D eigenvalue weighted by molar-refractivity contribution is 0.123. The highest BCUT2D eigenvalue weighted by Crippen LogP contribution is 2.29. The quantitative estimate of drug-likeness (QED) is 0.895. The molecule has 94 valence electrons. The Morgan fingerprint density at radius 3 is 2.47 bits per heavy atom. The Hall–Kier alpha value is -0.570. The van der Waals surface area contributed by atoms with Gasteiger partial charge in [-0.1, -0.05) is 23.7 Å². The van der Waals surface area contributed by atoms with Crippen molar-refractivity contribution in [3.05, 3.63) is 34.9 Å². The highest BCUT2D eigenvalue weighted by atomic mass is 35.5. The SMILES string of the molecule is CC(O)C1CCN(C(C)c2ccc(Cl)cc2)C1. The number of nitrogens with zero attached hydrogens (tertiary/aromatic N) is 1. The van der Waals surface area contributed by atoms with Crippen LogP contribution in [0.1, 0.15) is 31.9 Å². The minimum Gasteiger partial charge on any atom is -0.393 e. The van der Waals surface area contributed by atoms with Crippen molar-refractivity contribution in [2.24, 2.45) is 5.92 Å². The summed E-state index contributed by atoms with van der Waals surface area (Å²) in [6, 6.07) is 8.45. The maximum absolute atomic E-state index is 9.61. The van der Waals surface area contributed by atoms with Crippen LogP contribution in [0.5, 0.6) is 0 Å². The molecule has 0 aliphatic carbocycles. The summed E-state index contributed by atoms with van der Waals surface area (Å²) in [6.45, 7) is 6.16. The molecular weight excluding hydrogens is 234 g/mol. The molecule has 1 fully saturated rings. The summed E-state index contributed by atoms with van der Waals surface area (Å²) < 4.78 is 0. The Bertz CT molecular complexity index is 363. The highest BCUT2D eigenvalue weighted by molar-refractivity contribution is 6.30.